The van der Waals surface area contributed by atoms with Crippen molar-refractivity contribution in [3.05, 3.63) is 53.1 Å². The zero-order chi connectivity index (χ0) is 22.7. The number of anilines is 2. The van der Waals surface area contributed by atoms with Crippen molar-refractivity contribution in [1.29, 1.82) is 0 Å². The predicted octanol–water partition coefficient (Wildman–Crippen LogP) is 4.55. The number of rotatable bonds is 7. The van der Waals surface area contributed by atoms with Gasteiger partial charge in [-0.05, 0) is 48.9 Å². The molecule has 2 rings (SSSR count). The minimum atomic E-state index is -4.65. The van der Waals surface area contributed by atoms with Gasteiger partial charge in [0.15, 0.2) is 6.10 Å². The van der Waals surface area contributed by atoms with Crippen LogP contribution >= 0.6 is 11.6 Å². The molecule has 11 heteroatoms. The number of halogens is 4. The highest BCUT2D eigenvalue weighted by atomic mass is 35.5. The van der Waals surface area contributed by atoms with Gasteiger partial charge in [0.25, 0.3) is 5.91 Å². The predicted molar refractivity (Wildman–Crippen MR) is 109 cm³/mol. The zero-order valence-electron chi connectivity index (χ0n) is 16.3. The number of carbonyl (C=O) groups excluding carboxylic acids is 1. The van der Waals surface area contributed by atoms with Gasteiger partial charge >= 0.3 is 6.18 Å². The summed E-state index contributed by atoms with van der Waals surface area (Å²) in [5.74, 6) is -0.333. The van der Waals surface area contributed by atoms with Crippen LogP contribution in [-0.2, 0) is 21.0 Å². The molecule has 0 bridgehead atoms. The van der Waals surface area contributed by atoms with E-state index in [1.54, 1.807) is 6.92 Å². The summed E-state index contributed by atoms with van der Waals surface area (Å²) in [5, 5.41) is 1.92. The average Bonchev–Trinajstić information content (AvgIpc) is 2.65. The van der Waals surface area contributed by atoms with Gasteiger partial charge in [-0.15, -0.1) is 0 Å². The molecule has 2 aromatic carbocycles. The van der Waals surface area contributed by atoms with E-state index in [2.05, 4.69) is 5.32 Å². The Hall–Kier alpha value is -2.46. The van der Waals surface area contributed by atoms with E-state index in [0.29, 0.717) is 11.4 Å². The molecule has 0 fully saturated rings. The minimum absolute atomic E-state index is 0.0658. The van der Waals surface area contributed by atoms with Crippen molar-refractivity contribution >= 4 is 38.9 Å². The topological polar surface area (TPSA) is 75.7 Å². The van der Waals surface area contributed by atoms with Crippen LogP contribution in [0.2, 0.25) is 5.02 Å². The summed E-state index contributed by atoms with van der Waals surface area (Å²) in [6.45, 7) is 1.68. The smallest absolute Gasteiger partial charge is 0.417 e. The minimum Gasteiger partial charge on any atom is -0.481 e. The van der Waals surface area contributed by atoms with E-state index in [1.165, 1.54) is 37.4 Å². The SMILES string of the molecule is CC[C@@H](Oc1ccc(N(C)S(C)(=O)=O)cc1)C(=O)Nc1ccc(Cl)c(C(F)(F)F)c1. The molecule has 1 amide bonds. The lowest BCUT2D eigenvalue weighted by Gasteiger charge is -2.20. The molecule has 0 saturated heterocycles. The van der Waals surface area contributed by atoms with Gasteiger partial charge < -0.3 is 10.1 Å². The van der Waals surface area contributed by atoms with Gasteiger partial charge in [0.2, 0.25) is 10.0 Å². The quantitative estimate of drug-likeness (QED) is 0.652. The maximum Gasteiger partial charge on any atom is 0.417 e. The Labute approximate surface area is 177 Å². The van der Waals surface area contributed by atoms with Crippen molar-refractivity contribution in [2.24, 2.45) is 0 Å². The third kappa shape index (κ3) is 6.02. The van der Waals surface area contributed by atoms with E-state index >= 15 is 0 Å². The number of ether oxygens (including phenoxy) is 1. The molecule has 0 radical (unpaired) electrons. The molecule has 2 aromatic rings. The van der Waals surface area contributed by atoms with Gasteiger partial charge in [0.1, 0.15) is 5.75 Å². The molecule has 0 heterocycles. The molecule has 0 unspecified atom stereocenters. The second kappa shape index (κ2) is 9.13. The fourth-order valence-electron chi connectivity index (χ4n) is 2.46. The van der Waals surface area contributed by atoms with E-state index in [9.17, 15) is 26.4 Å². The monoisotopic (exact) mass is 464 g/mol. The van der Waals surface area contributed by atoms with Gasteiger partial charge in [0, 0.05) is 12.7 Å². The molecule has 0 aromatic heterocycles. The second-order valence-electron chi connectivity index (χ2n) is 6.42. The van der Waals surface area contributed by atoms with Crippen LogP contribution in [0.15, 0.2) is 42.5 Å². The number of nitrogens with one attached hydrogen (secondary N) is 1. The van der Waals surface area contributed by atoms with Crippen LogP contribution in [0.25, 0.3) is 0 Å². The number of alkyl halides is 3. The number of amides is 1. The third-order valence-corrected chi connectivity index (χ3v) is 5.71. The Morgan fingerprint density at radius 1 is 1.20 bits per heavy atom. The van der Waals surface area contributed by atoms with Gasteiger partial charge in [-0.1, -0.05) is 18.5 Å². The first-order valence-corrected chi connectivity index (χ1v) is 10.9. The second-order valence-corrected chi connectivity index (χ2v) is 8.84. The van der Waals surface area contributed by atoms with Crippen molar-refractivity contribution in [3.63, 3.8) is 0 Å². The molecule has 164 valence electrons. The Kier molecular flexibility index (Phi) is 7.25. The van der Waals surface area contributed by atoms with Gasteiger partial charge in [0.05, 0.1) is 22.5 Å². The van der Waals surface area contributed by atoms with Crippen molar-refractivity contribution in [2.45, 2.75) is 25.6 Å². The molecule has 0 aliphatic carbocycles. The van der Waals surface area contributed by atoms with Gasteiger partial charge in [-0.25, -0.2) is 8.42 Å². The molecular formula is C19H20ClF3N2O4S. The summed E-state index contributed by atoms with van der Waals surface area (Å²) < 4.78 is 68.8. The van der Waals surface area contributed by atoms with Crippen molar-refractivity contribution in [3.8, 4) is 5.75 Å². The lowest BCUT2D eigenvalue weighted by atomic mass is 10.1. The zero-order valence-corrected chi connectivity index (χ0v) is 17.9. The van der Waals surface area contributed by atoms with E-state index in [0.717, 1.165) is 22.7 Å². The van der Waals surface area contributed by atoms with Crippen molar-refractivity contribution in [1.82, 2.24) is 0 Å². The summed E-state index contributed by atoms with van der Waals surface area (Å²) in [6, 6.07) is 9.08. The average molecular weight is 465 g/mol. The summed E-state index contributed by atoms with van der Waals surface area (Å²) in [7, 11) is -2.03. The van der Waals surface area contributed by atoms with Crippen LogP contribution < -0.4 is 14.4 Å². The highest BCUT2D eigenvalue weighted by Crippen LogP contribution is 2.36. The number of carbonyl (C=O) groups is 1. The normalized spacial score (nSPS) is 12.9. The molecule has 0 aliphatic rings. The maximum absolute atomic E-state index is 13.0. The Morgan fingerprint density at radius 2 is 1.80 bits per heavy atom. The van der Waals surface area contributed by atoms with Crippen molar-refractivity contribution in [2.75, 3.05) is 22.9 Å². The lowest BCUT2D eigenvalue weighted by Crippen LogP contribution is -2.32. The number of sulfonamides is 1. The van der Waals surface area contributed by atoms with Crippen LogP contribution in [-0.4, -0.2) is 33.7 Å². The summed E-state index contributed by atoms with van der Waals surface area (Å²) in [4.78, 5) is 12.5. The van der Waals surface area contributed by atoms with E-state index < -0.39 is 38.8 Å². The number of benzene rings is 2. The summed E-state index contributed by atoms with van der Waals surface area (Å²) in [5.41, 5.74) is -0.714. The molecule has 1 N–H and O–H groups in total. The van der Waals surface area contributed by atoms with Crippen LogP contribution in [0.1, 0.15) is 18.9 Å². The Balaban J connectivity index is 2.12. The van der Waals surface area contributed by atoms with Crippen LogP contribution in [0, 0.1) is 0 Å². The van der Waals surface area contributed by atoms with Gasteiger partial charge in [-0.2, -0.15) is 13.2 Å². The molecule has 1 atom stereocenters. The van der Waals surface area contributed by atoms with Crippen molar-refractivity contribution < 1.29 is 31.1 Å². The van der Waals surface area contributed by atoms with Crippen LogP contribution in [0.3, 0.4) is 0 Å². The van der Waals surface area contributed by atoms with Gasteiger partial charge in [-0.3, -0.25) is 9.10 Å². The third-order valence-electron chi connectivity index (χ3n) is 4.18. The molecule has 0 aliphatic heterocycles. The van der Waals surface area contributed by atoms with E-state index in [4.69, 9.17) is 16.3 Å². The highest BCUT2D eigenvalue weighted by Gasteiger charge is 2.33. The molecule has 0 spiro atoms. The molecule has 0 saturated carbocycles. The van der Waals surface area contributed by atoms with E-state index in [-0.39, 0.29) is 12.1 Å². The Bertz CT molecular complexity index is 1010. The highest BCUT2D eigenvalue weighted by molar-refractivity contribution is 7.92. The standard InChI is InChI=1S/C19H20ClF3N2O4S/c1-4-17(29-14-8-6-13(7-9-14)25(2)30(3,27)28)18(26)24-12-5-10-16(20)15(11-12)19(21,22)23/h5-11,17H,4H2,1-3H3,(H,24,26)/t17-/m1/s1. The maximum atomic E-state index is 13.0. The molecule has 30 heavy (non-hydrogen) atoms. The first kappa shape index (κ1) is 23.8. The largest absolute Gasteiger partial charge is 0.481 e. The first-order chi connectivity index (χ1) is 13.8. The number of hydrogen-bond donors (Lipinski definition) is 1. The molecular weight excluding hydrogens is 445 g/mol. The van der Waals surface area contributed by atoms with Crippen LogP contribution in [0.5, 0.6) is 5.75 Å². The van der Waals surface area contributed by atoms with E-state index in [1.807, 2.05) is 0 Å². The first-order valence-electron chi connectivity index (χ1n) is 8.71. The number of nitrogens with zero attached hydrogens (tertiary/aromatic N) is 1. The summed E-state index contributed by atoms with van der Waals surface area (Å²) >= 11 is 5.58. The fourth-order valence-corrected chi connectivity index (χ4v) is 3.19. The lowest BCUT2D eigenvalue weighted by molar-refractivity contribution is -0.137. The number of hydrogen-bond acceptors (Lipinski definition) is 4. The molecule has 6 nitrogen and oxygen atoms in total. The summed E-state index contributed by atoms with van der Waals surface area (Å²) in [6.07, 6.45) is -4.32. The van der Waals surface area contributed by atoms with Crippen LogP contribution in [0.4, 0.5) is 24.5 Å². The fraction of sp³-hybridized carbons (Fsp3) is 0.316. The Morgan fingerprint density at radius 3 is 2.30 bits per heavy atom.